The van der Waals surface area contributed by atoms with Crippen LogP contribution in [0, 0.1) is 13.8 Å². The largest absolute Gasteiger partial charge is 0.310 e. The second-order valence-corrected chi connectivity index (χ2v) is 19.9. The summed E-state index contributed by atoms with van der Waals surface area (Å²) >= 11 is 0. The predicted molar refractivity (Wildman–Crippen MR) is 272 cm³/mol. The van der Waals surface area contributed by atoms with Crippen LogP contribution in [0.15, 0.2) is 61.2 Å². The summed E-state index contributed by atoms with van der Waals surface area (Å²) in [5, 5.41) is 7.12. The van der Waals surface area contributed by atoms with Gasteiger partial charge in [-0.25, -0.2) is 14.3 Å². The maximum Gasteiger partial charge on any atom is 0.272 e. The number of aromatic amines is 1. The molecule has 0 atom stereocenters. The van der Waals surface area contributed by atoms with Gasteiger partial charge in [0.15, 0.2) is 0 Å². The third-order valence-corrected chi connectivity index (χ3v) is 11.0. The minimum atomic E-state index is 0. The van der Waals surface area contributed by atoms with Crippen molar-refractivity contribution in [2.75, 3.05) is 0 Å². The summed E-state index contributed by atoms with van der Waals surface area (Å²) in [4.78, 5) is 67.3. The van der Waals surface area contributed by atoms with Gasteiger partial charge < -0.3 is 4.57 Å². The van der Waals surface area contributed by atoms with E-state index in [0.29, 0.717) is 17.5 Å². The fourth-order valence-electron chi connectivity index (χ4n) is 7.32. The first kappa shape index (κ1) is 62.3. The van der Waals surface area contributed by atoms with Crippen LogP contribution < -0.4 is 27.8 Å². The number of rotatable bonds is 10. The number of aromatic nitrogens is 10. The van der Waals surface area contributed by atoms with Crippen molar-refractivity contribution in [1.82, 2.24) is 48.0 Å². The molecule has 5 heterocycles. The summed E-state index contributed by atoms with van der Waals surface area (Å²) in [5.41, 5.74) is 6.65. The molecule has 15 nitrogen and oxygen atoms in total. The summed E-state index contributed by atoms with van der Waals surface area (Å²) in [5.74, 6) is 1.29. The van der Waals surface area contributed by atoms with Gasteiger partial charge in [0.1, 0.15) is 5.69 Å². The van der Waals surface area contributed by atoms with Gasteiger partial charge in [0.25, 0.3) is 27.8 Å². The minimum Gasteiger partial charge on any atom is -0.310 e. The molecule has 0 aliphatic heterocycles. The summed E-state index contributed by atoms with van der Waals surface area (Å²) < 4.78 is 10.4. The van der Waals surface area contributed by atoms with Crippen molar-refractivity contribution in [2.24, 2.45) is 7.05 Å². The maximum absolute atomic E-state index is 12.0. The summed E-state index contributed by atoms with van der Waals surface area (Å²) in [6.45, 7) is 44.1. The molecule has 5 aromatic heterocycles. The van der Waals surface area contributed by atoms with Crippen LogP contribution in [-0.4, -0.2) is 48.0 Å². The number of hydrogen-bond donors (Lipinski definition) is 1. The fraction of sp³-hybridized carbons (Fsp3) is 0.647. The standard InChI is InChI=1S/C11H20N2O.3C10H16N2O.C10H18N2O.W/c1-7(2)10-9(5)12(6)13(8(3)4)11(10)14;1-7(2)9-5-11-6-12(8(3)4)10(9)13;1-7(2)9-10(13)12(8(3)4)6-5-11-9;1-7(2)9-5-6-11-12(8(3)4)10(9)13;1-6(2)9-8(5)11-12(7(3)4)10(9)13;/h7-8H,1-6H3;3*5-8H,1-4H3;6-7,11H,1-5H3;. The van der Waals surface area contributed by atoms with Gasteiger partial charge in [-0.2, -0.15) is 5.10 Å². The van der Waals surface area contributed by atoms with Crippen LogP contribution in [0.1, 0.15) is 238 Å². The quantitative estimate of drug-likeness (QED) is 0.144. The molecular formula is C51H86N10O5W. The van der Waals surface area contributed by atoms with Crippen LogP contribution >= 0.6 is 0 Å². The van der Waals surface area contributed by atoms with Gasteiger partial charge in [-0.15, -0.1) is 0 Å². The Morgan fingerprint density at radius 2 is 1.04 bits per heavy atom. The first-order valence-corrected chi connectivity index (χ1v) is 23.7. The SMILES string of the molecule is CC(C)c1ccnn(C(C)C)c1=O.CC(C)c1cncn(C(C)C)c1=O.CC(C)c1nccn(C(C)C)c1=O.Cc1[nH]n(C(C)C)c(=O)c1C(C)C.Cc1c(C(C)C)c(=O)n(C(C)C)n1C.[W]. The summed E-state index contributed by atoms with van der Waals surface area (Å²) in [6, 6.07) is 2.74. The number of nitrogens with zero attached hydrogens (tertiary/aromatic N) is 9. The maximum atomic E-state index is 12.0. The predicted octanol–water partition coefficient (Wildman–Crippen LogP) is 10.2. The second-order valence-electron chi connectivity index (χ2n) is 19.9. The van der Waals surface area contributed by atoms with E-state index in [-0.39, 0.29) is 96.8 Å². The van der Waals surface area contributed by atoms with Crippen LogP contribution in [-0.2, 0) is 28.1 Å². The van der Waals surface area contributed by atoms with E-state index in [0.717, 1.165) is 33.6 Å². The van der Waals surface area contributed by atoms with E-state index in [4.69, 9.17) is 0 Å². The van der Waals surface area contributed by atoms with E-state index in [1.54, 1.807) is 51.0 Å². The number of nitrogens with one attached hydrogen (secondary N) is 1. The normalized spacial score (nSPS) is 11.2. The number of H-pyrrole nitrogens is 1. The van der Waals surface area contributed by atoms with Gasteiger partial charge in [0, 0.05) is 117 Å². The zero-order valence-electron chi connectivity index (χ0n) is 45.2. The van der Waals surface area contributed by atoms with Crippen molar-refractivity contribution in [3.8, 4) is 0 Å². The molecule has 0 saturated carbocycles. The van der Waals surface area contributed by atoms with Crippen LogP contribution in [0.4, 0.5) is 0 Å². The Morgan fingerprint density at radius 3 is 1.40 bits per heavy atom. The molecule has 5 aromatic rings. The van der Waals surface area contributed by atoms with Crippen molar-refractivity contribution >= 4 is 0 Å². The molecule has 0 amide bonds. The Labute approximate surface area is 414 Å². The molecule has 0 aromatic carbocycles. The van der Waals surface area contributed by atoms with E-state index in [2.05, 4.69) is 34.0 Å². The molecule has 0 spiro atoms. The Kier molecular flexibility index (Phi) is 26.0. The average molecular weight is 1100 g/mol. The smallest absolute Gasteiger partial charge is 0.272 e. The molecule has 16 heteroatoms. The van der Waals surface area contributed by atoms with Crippen molar-refractivity contribution in [3.05, 3.63) is 128 Å². The van der Waals surface area contributed by atoms with Gasteiger partial charge in [0.05, 0.1) is 12.4 Å². The van der Waals surface area contributed by atoms with E-state index >= 15 is 0 Å². The third kappa shape index (κ3) is 16.8. The molecule has 0 aliphatic carbocycles. The third-order valence-electron chi connectivity index (χ3n) is 11.0. The van der Waals surface area contributed by atoms with E-state index in [1.807, 2.05) is 155 Å². The molecule has 0 radical (unpaired) electrons. The number of hydrogen-bond acceptors (Lipinski definition) is 8. The van der Waals surface area contributed by atoms with Crippen molar-refractivity contribution in [1.29, 1.82) is 0 Å². The molecule has 0 aliphatic rings. The van der Waals surface area contributed by atoms with E-state index in [9.17, 15) is 24.0 Å². The van der Waals surface area contributed by atoms with Crippen molar-refractivity contribution in [2.45, 2.75) is 212 Å². The molecule has 1 N–H and O–H groups in total. The molecule has 0 bridgehead atoms. The van der Waals surface area contributed by atoms with Crippen LogP contribution in [0.2, 0.25) is 0 Å². The zero-order chi connectivity index (χ0) is 51.2. The van der Waals surface area contributed by atoms with Gasteiger partial charge in [0.2, 0.25) is 0 Å². The molecule has 0 fully saturated rings. The minimum absolute atomic E-state index is 0. The molecule has 67 heavy (non-hydrogen) atoms. The fourth-order valence-corrected chi connectivity index (χ4v) is 7.32. The Balaban J connectivity index is 0.000000810. The summed E-state index contributed by atoms with van der Waals surface area (Å²) in [7, 11) is 1.95. The summed E-state index contributed by atoms with van der Waals surface area (Å²) in [6.07, 6.45) is 8.37. The van der Waals surface area contributed by atoms with Crippen molar-refractivity contribution < 1.29 is 21.1 Å². The van der Waals surface area contributed by atoms with E-state index < -0.39 is 0 Å². The molecular weight excluding hydrogens is 1020 g/mol. The monoisotopic (exact) mass is 1100 g/mol. The Hall–Kier alpha value is -4.65. The van der Waals surface area contributed by atoms with Gasteiger partial charge in [-0.3, -0.25) is 48.0 Å². The topological polar surface area (TPSA) is 169 Å². The average Bonchev–Trinajstić information content (AvgIpc) is 3.64. The molecule has 0 saturated heterocycles. The number of aryl methyl sites for hydroxylation is 1. The Morgan fingerprint density at radius 1 is 0.522 bits per heavy atom. The molecule has 376 valence electrons. The van der Waals surface area contributed by atoms with Crippen LogP contribution in [0.5, 0.6) is 0 Å². The first-order chi connectivity index (χ1) is 30.4. The first-order valence-electron chi connectivity index (χ1n) is 23.7. The van der Waals surface area contributed by atoms with Crippen LogP contribution in [0.3, 0.4) is 0 Å². The molecule has 0 unspecified atom stereocenters. The van der Waals surface area contributed by atoms with E-state index in [1.165, 1.54) is 4.68 Å². The van der Waals surface area contributed by atoms with Gasteiger partial charge >= 0.3 is 0 Å². The van der Waals surface area contributed by atoms with Gasteiger partial charge in [-0.05, 0) is 113 Å². The second kappa shape index (κ2) is 28.0. The van der Waals surface area contributed by atoms with Crippen molar-refractivity contribution in [3.63, 3.8) is 0 Å². The zero-order valence-corrected chi connectivity index (χ0v) is 48.1. The molecule has 5 rings (SSSR count). The Bertz CT molecular complexity index is 2290. The van der Waals surface area contributed by atoms with Crippen LogP contribution in [0.25, 0.3) is 0 Å². The van der Waals surface area contributed by atoms with Gasteiger partial charge in [-0.1, -0.05) is 69.2 Å².